The third-order valence-corrected chi connectivity index (χ3v) is 6.22. The third-order valence-electron chi connectivity index (χ3n) is 5.91. The van der Waals surface area contributed by atoms with Crippen molar-refractivity contribution in [2.75, 3.05) is 20.1 Å². The fourth-order valence-corrected chi connectivity index (χ4v) is 4.02. The second kappa shape index (κ2) is 18.4. The second-order valence-electron chi connectivity index (χ2n) is 9.22. The van der Waals surface area contributed by atoms with E-state index in [1.165, 1.54) is 36.2 Å². The van der Waals surface area contributed by atoms with Crippen LogP contribution in [-0.4, -0.2) is 31.3 Å². The third kappa shape index (κ3) is 13.2. The first-order valence-corrected chi connectivity index (χ1v) is 13.0. The fraction of sp³-hybridized carbons (Fsp3) is 0.375. The van der Waals surface area contributed by atoms with Gasteiger partial charge in [-0.25, -0.2) is 0 Å². The minimum absolute atomic E-state index is 0.530. The molecule has 0 aromatic heterocycles. The lowest BCUT2D eigenvalue weighted by atomic mass is 10.1. The Balaban J connectivity index is 0.000000242. The van der Waals surface area contributed by atoms with Crippen LogP contribution in [0.4, 0.5) is 0 Å². The second-order valence-corrected chi connectivity index (χ2v) is 9.63. The molecular weight excluding hydrogens is 464 g/mol. The van der Waals surface area contributed by atoms with Crippen molar-refractivity contribution in [3.8, 4) is 6.07 Å². The molecule has 4 heteroatoms. The average Bonchev–Trinajstić information content (AvgIpc) is 3.27. The van der Waals surface area contributed by atoms with Gasteiger partial charge < -0.3 is 9.69 Å². The predicted molar refractivity (Wildman–Crippen MR) is 154 cm³/mol. The Morgan fingerprint density at radius 1 is 1.06 bits per heavy atom. The summed E-state index contributed by atoms with van der Waals surface area (Å²) in [4.78, 5) is 12.4. The summed E-state index contributed by atoms with van der Waals surface area (Å²) in [6, 6.07) is 25.9. The fourth-order valence-electron chi connectivity index (χ4n) is 3.74. The van der Waals surface area contributed by atoms with Gasteiger partial charge in [-0.1, -0.05) is 86.1 Å². The maximum atomic E-state index is 9.98. The van der Waals surface area contributed by atoms with E-state index in [9.17, 15) is 4.79 Å². The summed E-state index contributed by atoms with van der Waals surface area (Å²) in [7, 11) is 2.18. The number of likely N-dealkylation sites (tertiary alicyclic amines) is 1. The van der Waals surface area contributed by atoms with Crippen molar-refractivity contribution in [2.24, 2.45) is 5.92 Å². The van der Waals surface area contributed by atoms with Crippen LogP contribution < -0.4 is 0 Å². The number of aldehydes is 1. The average molecular weight is 505 g/mol. The highest BCUT2D eigenvalue weighted by Crippen LogP contribution is 2.15. The van der Waals surface area contributed by atoms with Crippen molar-refractivity contribution >= 4 is 17.9 Å². The van der Waals surface area contributed by atoms with Crippen molar-refractivity contribution in [1.82, 2.24) is 4.90 Å². The van der Waals surface area contributed by atoms with E-state index < -0.39 is 0 Å². The molecule has 3 nitrogen and oxygen atoms in total. The Kier molecular flexibility index (Phi) is 15.9. The Hall–Kier alpha value is -2.93. The lowest BCUT2D eigenvalue weighted by molar-refractivity contribution is -0.107. The summed E-state index contributed by atoms with van der Waals surface area (Å²) in [5.41, 5.74) is 5.70. The molecule has 0 spiro atoms. The van der Waals surface area contributed by atoms with Gasteiger partial charge in [-0.2, -0.15) is 5.26 Å². The SMILES string of the molecule is CC1CCN(C)C1.CCc1ccccc1C.Cc1ccc(C#N)c(Cl)c1.O=CCCc1ccccc1. The van der Waals surface area contributed by atoms with Crippen molar-refractivity contribution in [2.45, 2.75) is 53.4 Å². The molecule has 0 saturated carbocycles. The van der Waals surface area contributed by atoms with Gasteiger partial charge in [0.15, 0.2) is 0 Å². The molecule has 0 aliphatic carbocycles. The van der Waals surface area contributed by atoms with Crippen LogP contribution >= 0.6 is 11.6 Å². The molecule has 1 atom stereocenters. The van der Waals surface area contributed by atoms with E-state index in [2.05, 4.69) is 57.0 Å². The van der Waals surface area contributed by atoms with Gasteiger partial charge in [0.05, 0.1) is 10.6 Å². The highest BCUT2D eigenvalue weighted by atomic mass is 35.5. The highest BCUT2D eigenvalue weighted by molar-refractivity contribution is 6.31. The first-order chi connectivity index (χ1) is 17.3. The van der Waals surface area contributed by atoms with E-state index in [1.807, 2.05) is 49.4 Å². The van der Waals surface area contributed by atoms with Crippen LogP contribution in [0.2, 0.25) is 5.02 Å². The minimum Gasteiger partial charge on any atom is -0.306 e. The maximum absolute atomic E-state index is 9.98. The summed E-state index contributed by atoms with van der Waals surface area (Å²) in [5.74, 6) is 0.949. The highest BCUT2D eigenvalue weighted by Gasteiger charge is 2.13. The number of hydrogen-bond acceptors (Lipinski definition) is 3. The van der Waals surface area contributed by atoms with Crippen LogP contribution in [0, 0.1) is 31.1 Å². The summed E-state index contributed by atoms with van der Waals surface area (Å²) < 4.78 is 0. The monoisotopic (exact) mass is 504 g/mol. The van der Waals surface area contributed by atoms with Gasteiger partial charge in [-0.3, -0.25) is 0 Å². The predicted octanol–water partition coefficient (Wildman–Crippen LogP) is 7.85. The standard InChI is InChI=1S/C9H10O.C9H12.C8H6ClN.C6H13N/c10-8-4-7-9-5-2-1-3-6-9;1-3-9-7-5-4-6-8(9)2;1-6-2-3-7(5-10)8(9)4-6;1-6-3-4-7(2)5-6/h1-3,5-6,8H,4,7H2;4-7H,3H2,1-2H3;2-4H,1H3;6H,3-5H2,1-2H3. The molecule has 0 bridgehead atoms. The van der Waals surface area contributed by atoms with Gasteiger partial charge in [0.1, 0.15) is 12.4 Å². The number of nitriles is 1. The number of benzene rings is 3. The summed E-state index contributed by atoms with van der Waals surface area (Å²) in [6.07, 6.45) is 4.99. The van der Waals surface area contributed by atoms with Crippen LogP contribution in [0.5, 0.6) is 0 Å². The minimum atomic E-state index is 0.530. The molecule has 0 amide bonds. The van der Waals surface area contributed by atoms with Crippen molar-refractivity contribution in [3.63, 3.8) is 0 Å². The Morgan fingerprint density at radius 3 is 2.17 bits per heavy atom. The Labute approximate surface area is 223 Å². The van der Waals surface area contributed by atoms with Crippen LogP contribution in [0.25, 0.3) is 0 Å². The van der Waals surface area contributed by atoms with Gasteiger partial charge in [-0.05, 0) is 87.0 Å². The molecule has 36 heavy (non-hydrogen) atoms. The van der Waals surface area contributed by atoms with Gasteiger partial charge in [0.25, 0.3) is 0 Å². The molecule has 192 valence electrons. The summed E-state index contributed by atoms with van der Waals surface area (Å²) in [6.45, 7) is 11.2. The largest absolute Gasteiger partial charge is 0.306 e. The van der Waals surface area contributed by atoms with E-state index in [0.717, 1.165) is 30.6 Å². The number of rotatable bonds is 4. The van der Waals surface area contributed by atoms with Gasteiger partial charge >= 0.3 is 0 Å². The van der Waals surface area contributed by atoms with E-state index in [0.29, 0.717) is 17.0 Å². The van der Waals surface area contributed by atoms with Crippen LogP contribution in [0.1, 0.15) is 54.5 Å². The zero-order valence-corrected chi connectivity index (χ0v) is 23.3. The quantitative estimate of drug-likeness (QED) is 0.340. The molecule has 1 aliphatic rings. The van der Waals surface area contributed by atoms with Crippen molar-refractivity contribution < 1.29 is 4.79 Å². The smallest absolute Gasteiger partial charge is 0.120 e. The molecule has 4 rings (SSSR count). The number of hydrogen-bond donors (Lipinski definition) is 0. The van der Waals surface area contributed by atoms with Crippen molar-refractivity contribution in [3.05, 3.63) is 106 Å². The molecule has 1 unspecified atom stereocenters. The maximum Gasteiger partial charge on any atom is 0.120 e. The molecule has 0 N–H and O–H groups in total. The lowest BCUT2D eigenvalue weighted by Crippen LogP contribution is -2.12. The van der Waals surface area contributed by atoms with Crippen LogP contribution in [0.3, 0.4) is 0 Å². The van der Waals surface area contributed by atoms with Crippen LogP contribution in [0.15, 0.2) is 72.8 Å². The molecular formula is C32H41ClN2O. The number of nitrogens with zero attached hydrogens (tertiary/aromatic N) is 2. The number of halogens is 1. The van der Waals surface area contributed by atoms with Gasteiger partial charge in [0.2, 0.25) is 0 Å². The molecule has 1 saturated heterocycles. The van der Waals surface area contributed by atoms with Gasteiger partial charge in [0, 0.05) is 13.0 Å². The van der Waals surface area contributed by atoms with E-state index >= 15 is 0 Å². The van der Waals surface area contributed by atoms with Gasteiger partial charge in [-0.15, -0.1) is 0 Å². The first-order valence-electron chi connectivity index (χ1n) is 12.7. The number of aryl methyl sites for hydroxylation is 4. The first kappa shape index (κ1) is 31.1. The molecule has 1 aliphatic heterocycles. The molecule has 1 fully saturated rings. The number of carbonyl (C=O) groups excluding carboxylic acids is 1. The molecule has 0 radical (unpaired) electrons. The summed E-state index contributed by atoms with van der Waals surface area (Å²) in [5, 5.41) is 9.00. The topological polar surface area (TPSA) is 44.1 Å². The van der Waals surface area contributed by atoms with Crippen LogP contribution in [-0.2, 0) is 17.6 Å². The zero-order valence-electron chi connectivity index (χ0n) is 22.5. The number of carbonyl (C=O) groups is 1. The summed E-state index contributed by atoms with van der Waals surface area (Å²) >= 11 is 5.71. The normalized spacial score (nSPS) is 14.1. The van der Waals surface area contributed by atoms with E-state index in [-0.39, 0.29) is 0 Å². The zero-order chi connectivity index (χ0) is 26.8. The van der Waals surface area contributed by atoms with E-state index in [4.69, 9.17) is 16.9 Å². The molecule has 3 aromatic rings. The Morgan fingerprint density at radius 2 is 1.72 bits per heavy atom. The van der Waals surface area contributed by atoms with E-state index in [1.54, 1.807) is 12.1 Å². The van der Waals surface area contributed by atoms with Crippen molar-refractivity contribution in [1.29, 1.82) is 5.26 Å². The molecule has 3 aromatic carbocycles. The molecule has 1 heterocycles. The Bertz CT molecular complexity index is 1050. The lowest BCUT2D eigenvalue weighted by Gasteiger charge is -2.03.